The molecule has 16 nitrogen and oxygen atoms in total. The van der Waals surface area contributed by atoms with Crippen LogP contribution < -0.4 is 10.2 Å². The highest BCUT2D eigenvalue weighted by Gasteiger charge is 2.52. The number of aliphatic hydroxyl groups is 6. The predicted octanol–water partition coefficient (Wildman–Crippen LogP) is -1.29. The summed E-state index contributed by atoms with van der Waals surface area (Å²) in [7, 11) is 1.29. The molecule has 2 aliphatic rings. The first-order valence-corrected chi connectivity index (χ1v) is 15.0. The lowest BCUT2D eigenvalue weighted by molar-refractivity contribution is -0.274. The number of fused-ring (bicyclic) bond motifs is 1. The molecule has 2 aromatic rings. The fraction of sp³-hybridized carbons (Fsp3) is 0.567. The summed E-state index contributed by atoms with van der Waals surface area (Å²) in [5.74, 6) is -2.63. The highest BCUT2D eigenvalue weighted by molar-refractivity contribution is 6.08. The molecule has 252 valence electrons. The van der Waals surface area contributed by atoms with Crippen LogP contribution >= 0.6 is 0 Å². The summed E-state index contributed by atoms with van der Waals surface area (Å²) in [5.41, 5.74) is -0.619. The van der Waals surface area contributed by atoms with Gasteiger partial charge in [-0.1, -0.05) is 24.3 Å². The van der Waals surface area contributed by atoms with Crippen LogP contribution in [-0.2, 0) is 42.4 Å². The largest absolute Gasteiger partial charge is 0.469 e. The maximum absolute atomic E-state index is 13.8. The second kappa shape index (κ2) is 15.2. The molecule has 46 heavy (non-hydrogen) atoms. The van der Waals surface area contributed by atoms with E-state index < -0.39 is 54.0 Å². The molecule has 3 heterocycles. The number of ether oxygens (including phenoxy) is 2. The molecule has 1 saturated heterocycles. The van der Waals surface area contributed by atoms with Gasteiger partial charge in [-0.05, 0) is 37.5 Å². The van der Waals surface area contributed by atoms with Gasteiger partial charge < -0.3 is 50.3 Å². The SMILES string of the molecule is COC(=O)CCCCN1C(=O)[C@](O)([C@H](C)/C=C/CCn2cc(CCO)nn2)c2cc(NC(=O)[C@H]3O[C@@H](O)[C@H](O)[C@@H](O)[C@@H]3O)ccc21. The van der Waals surface area contributed by atoms with Gasteiger partial charge in [0.25, 0.3) is 11.8 Å². The van der Waals surface area contributed by atoms with Crippen LogP contribution in [0.5, 0.6) is 0 Å². The highest BCUT2D eigenvalue weighted by Crippen LogP contribution is 2.46. The third-order valence-corrected chi connectivity index (χ3v) is 8.19. The summed E-state index contributed by atoms with van der Waals surface area (Å²) >= 11 is 0. The minimum Gasteiger partial charge on any atom is -0.469 e. The lowest BCUT2D eigenvalue weighted by atomic mass is 9.82. The fourth-order valence-corrected chi connectivity index (χ4v) is 5.50. The number of benzene rings is 1. The number of esters is 1. The number of hydrogen-bond acceptors (Lipinski definition) is 13. The van der Waals surface area contributed by atoms with Crippen LogP contribution in [0.25, 0.3) is 0 Å². The quantitative estimate of drug-likeness (QED) is 0.0719. The molecule has 4 rings (SSSR count). The molecule has 1 aromatic heterocycles. The average molecular weight is 648 g/mol. The van der Waals surface area contributed by atoms with Gasteiger partial charge in [0.15, 0.2) is 18.0 Å². The first kappa shape index (κ1) is 35.1. The van der Waals surface area contributed by atoms with E-state index in [2.05, 4.69) is 20.4 Å². The summed E-state index contributed by atoms with van der Waals surface area (Å²) in [6.45, 7) is 2.32. The number of aliphatic hydroxyl groups excluding tert-OH is 5. The molecule has 0 saturated carbocycles. The van der Waals surface area contributed by atoms with Crippen molar-refractivity contribution in [3.63, 3.8) is 0 Å². The van der Waals surface area contributed by atoms with Gasteiger partial charge >= 0.3 is 5.97 Å². The van der Waals surface area contributed by atoms with E-state index in [9.17, 15) is 39.9 Å². The van der Waals surface area contributed by atoms with Crippen molar-refractivity contribution in [2.75, 3.05) is 30.5 Å². The van der Waals surface area contributed by atoms with E-state index in [0.29, 0.717) is 43.6 Å². The summed E-state index contributed by atoms with van der Waals surface area (Å²) in [6.07, 6.45) is -1.91. The molecule has 0 unspecified atom stereocenters. The zero-order chi connectivity index (χ0) is 33.6. The van der Waals surface area contributed by atoms with Crippen molar-refractivity contribution < 1.29 is 54.5 Å². The summed E-state index contributed by atoms with van der Waals surface area (Å²) in [5, 5.41) is 71.4. The fourth-order valence-electron chi connectivity index (χ4n) is 5.50. The number of allylic oxidation sites excluding steroid dienone is 1. The van der Waals surface area contributed by atoms with Gasteiger partial charge in [-0.15, -0.1) is 5.10 Å². The number of unbranched alkanes of at least 4 members (excludes halogenated alkanes) is 1. The van der Waals surface area contributed by atoms with Crippen molar-refractivity contribution in [2.45, 2.75) is 81.9 Å². The number of methoxy groups -OCH3 is 1. The van der Waals surface area contributed by atoms with Crippen LogP contribution in [-0.4, -0.2) is 114 Å². The molecule has 0 aliphatic carbocycles. The van der Waals surface area contributed by atoms with E-state index >= 15 is 0 Å². The molecule has 1 fully saturated rings. The number of carbonyl (C=O) groups is 3. The van der Waals surface area contributed by atoms with Crippen LogP contribution in [0.1, 0.15) is 43.9 Å². The standard InChI is InChI=1S/C30H41N5O11/c1-17(7-3-5-12-34-16-19(11-14-36)32-33-34)30(44)20-15-18(31-27(41)26-24(39)23(38)25(40)28(42)46-26)9-10-21(20)35(29(30)43)13-6-4-8-22(37)45-2/h3,7,9-10,15-17,23-26,28,36,38-40,42,44H,4-6,8,11-14H2,1-2H3,(H,31,41)/b7-3+/t17-,23+,24+,25-,26+,28-,30+/m1/s1. The van der Waals surface area contributed by atoms with Crippen LogP contribution in [0.3, 0.4) is 0 Å². The smallest absolute Gasteiger partial charge is 0.305 e. The van der Waals surface area contributed by atoms with Crippen LogP contribution in [0.15, 0.2) is 36.5 Å². The van der Waals surface area contributed by atoms with Crippen molar-refractivity contribution in [3.05, 3.63) is 47.8 Å². The minimum atomic E-state index is -2.03. The third kappa shape index (κ3) is 7.44. The Morgan fingerprint density at radius 2 is 1.91 bits per heavy atom. The normalized spacial score (nSPS) is 26.7. The number of nitrogens with zero attached hydrogens (tertiary/aromatic N) is 4. The number of hydrogen-bond donors (Lipinski definition) is 7. The molecular formula is C30H41N5O11. The van der Waals surface area contributed by atoms with E-state index in [1.807, 2.05) is 0 Å². The summed E-state index contributed by atoms with van der Waals surface area (Å²) < 4.78 is 11.3. The molecule has 0 bridgehead atoms. The molecule has 7 N–H and O–H groups in total. The summed E-state index contributed by atoms with van der Waals surface area (Å²) in [6, 6.07) is 4.47. The zero-order valence-electron chi connectivity index (χ0n) is 25.6. The number of aromatic nitrogens is 3. The second-order valence-electron chi connectivity index (χ2n) is 11.3. The Bertz CT molecular complexity index is 1420. The van der Waals surface area contributed by atoms with E-state index in [0.717, 1.165) is 0 Å². The van der Waals surface area contributed by atoms with Crippen LogP contribution in [0.2, 0.25) is 0 Å². The molecule has 1 aromatic carbocycles. The van der Waals surface area contributed by atoms with Crippen molar-refractivity contribution in [3.8, 4) is 0 Å². The number of nitrogens with one attached hydrogen (secondary N) is 1. The number of amides is 2. The highest BCUT2D eigenvalue weighted by atomic mass is 16.6. The average Bonchev–Trinajstić information content (AvgIpc) is 3.58. The Labute approximate surface area is 264 Å². The number of carbonyl (C=O) groups excluding carboxylic acids is 3. The minimum absolute atomic E-state index is 0.0371. The number of anilines is 2. The van der Waals surface area contributed by atoms with Gasteiger partial charge in [-0.25, -0.2) is 0 Å². The lowest BCUT2D eigenvalue weighted by Gasteiger charge is -2.37. The van der Waals surface area contributed by atoms with Crippen molar-refractivity contribution in [2.24, 2.45) is 5.92 Å². The molecule has 2 amide bonds. The molecule has 0 radical (unpaired) electrons. The van der Waals surface area contributed by atoms with E-state index in [1.54, 1.807) is 36.0 Å². The van der Waals surface area contributed by atoms with E-state index in [-0.39, 0.29) is 36.8 Å². The summed E-state index contributed by atoms with van der Waals surface area (Å²) in [4.78, 5) is 39.8. The maximum Gasteiger partial charge on any atom is 0.305 e. The second-order valence-corrected chi connectivity index (χ2v) is 11.3. The van der Waals surface area contributed by atoms with Gasteiger partial charge in [-0.2, -0.15) is 0 Å². The Kier molecular flexibility index (Phi) is 11.6. The Morgan fingerprint density at radius 3 is 2.63 bits per heavy atom. The number of rotatable bonds is 14. The van der Waals surface area contributed by atoms with Crippen LogP contribution in [0.4, 0.5) is 11.4 Å². The Hall–Kier alpha value is -3.77. The molecular weight excluding hydrogens is 606 g/mol. The monoisotopic (exact) mass is 647 g/mol. The van der Waals surface area contributed by atoms with Crippen LogP contribution in [0, 0.1) is 5.92 Å². The van der Waals surface area contributed by atoms with Gasteiger partial charge in [0.2, 0.25) is 0 Å². The first-order valence-electron chi connectivity index (χ1n) is 15.0. The molecule has 16 heteroatoms. The zero-order valence-corrected chi connectivity index (χ0v) is 25.6. The Balaban J connectivity index is 1.54. The van der Waals surface area contributed by atoms with Crippen molar-refractivity contribution in [1.82, 2.24) is 15.0 Å². The van der Waals surface area contributed by atoms with E-state index in [1.165, 1.54) is 24.1 Å². The third-order valence-electron chi connectivity index (χ3n) is 8.19. The molecule has 7 atom stereocenters. The first-order chi connectivity index (χ1) is 21.9. The van der Waals surface area contributed by atoms with Gasteiger partial charge in [-0.3, -0.25) is 19.1 Å². The molecule has 2 aliphatic heterocycles. The number of aryl methyl sites for hydroxylation is 1. The van der Waals surface area contributed by atoms with Gasteiger partial charge in [0.05, 0.1) is 18.5 Å². The van der Waals surface area contributed by atoms with E-state index in [4.69, 9.17) is 9.84 Å². The maximum atomic E-state index is 13.8. The topological polar surface area (TPSA) is 237 Å². The molecule has 0 spiro atoms. The van der Waals surface area contributed by atoms with Gasteiger partial charge in [0.1, 0.15) is 18.3 Å². The lowest BCUT2D eigenvalue weighted by Crippen LogP contribution is -2.60. The van der Waals surface area contributed by atoms with Crippen molar-refractivity contribution >= 4 is 29.2 Å². The van der Waals surface area contributed by atoms with Gasteiger partial charge in [0, 0.05) is 55.9 Å². The predicted molar refractivity (Wildman–Crippen MR) is 160 cm³/mol. The Morgan fingerprint density at radius 1 is 1.15 bits per heavy atom. The van der Waals surface area contributed by atoms with Crippen molar-refractivity contribution in [1.29, 1.82) is 0 Å².